The summed E-state index contributed by atoms with van der Waals surface area (Å²) in [6.07, 6.45) is 8.76. The molecule has 2 unspecified atom stereocenters. The SMILES string of the molecule is COC(=O)N[C@H](C(=O)N1CCC[C@H]1c1ncc(-c2ccc(-c3ccc4c(ccc5nc([C@@H]6SCCC6C(=O)[C@@H](NC(=O)OC)C(C)CC6CCCC6)[nH]c54)c3)cc2)[nH]1)C(C)C. The third-order valence-corrected chi connectivity index (χ3v) is 14.5. The molecule has 8 rings (SSSR count). The Bertz CT molecular complexity index is 2390. The second kappa shape index (κ2) is 18.3. The van der Waals surface area contributed by atoms with E-state index in [4.69, 9.17) is 19.4 Å². The zero-order valence-corrected chi connectivity index (χ0v) is 36.5. The maximum absolute atomic E-state index is 14.3. The molecule has 3 amide bonds. The maximum Gasteiger partial charge on any atom is 0.407 e. The number of H-pyrrole nitrogens is 2. The van der Waals surface area contributed by atoms with Crippen molar-refractivity contribution in [3.05, 3.63) is 72.4 Å². The molecule has 3 aliphatic rings. The molecule has 3 aromatic carbocycles. The van der Waals surface area contributed by atoms with Crippen LogP contribution in [-0.2, 0) is 19.1 Å². The highest BCUT2D eigenvalue weighted by Gasteiger charge is 2.42. The molecule has 0 bridgehead atoms. The van der Waals surface area contributed by atoms with Crippen LogP contribution in [0.1, 0.15) is 95.1 Å². The number of nitrogens with zero attached hydrogens (tertiary/aromatic N) is 3. The number of imidazole rings is 2. The van der Waals surface area contributed by atoms with Gasteiger partial charge in [-0.15, -0.1) is 11.8 Å². The number of aromatic nitrogens is 4. The molecule has 13 nitrogen and oxygen atoms in total. The van der Waals surface area contributed by atoms with E-state index in [1.807, 2.05) is 31.0 Å². The van der Waals surface area contributed by atoms with Crippen LogP contribution < -0.4 is 10.6 Å². The Kier molecular flexibility index (Phi) is 12.7. The molecule has 2 aliphatic heterocycles. The number of Topliss-reactive ketones (excluding diaryl/α,β-unsaturated/α-hetero) is 1. The van der Waals surface area contributed by atoms with Crippen molar-refractivity contribution < 1.29 is 28.7 Å². The van der Waals surface area contributed by atoms with Crippen LogP contribution in [0.2, 0.25) is 0 Å². The molecule has 322 valence electrons. The molecule has 4 N–H and O–H groups in total. The maximum atomic E-state index is 14.3. The predicted octanol–water partition coefficient (Wildman–Crippen LogP) is 9.12. The van der Waals surface area contributed by atoms with Crippen LogP contribution >= 0.6 is 11.8 Å². The molecule has 1 saturated carbocycles. The van der Waals surface area contributed by atoms with Gasteiger partial charge in [0.25, 0.3) is 0 Å². The summed E-state index contributed by atoms with van der Waals surface area (Å²) in [4.78, 5) is 71.0. The van der Waals surface area contributed by atoms with Crippen molar-refractivity contribution in [1.29, 1.82) is 0 Å². The van der Waals surface area contributed by atoms with Gasteiger partial charge in [0.1, 0.15) is 17.7 Å². The second-order valence-electron chi connectivity index (χ2n) is 17.4. The summed E-state index contributed by atoms with van der Waals surface area (Å²) >= 11 is 1.75. The Hall–Kier alpha value is -5.37. The number of ether oxygens (including phenoxy) is 2. The first kappa shape index (κ1) is 42.3. The van der Waals surface area contributed by atoms with E-state index in [2.05, 4.69) is 76.1 Å². The van der Waals surface area contributed by atoms with Crippen molar-refractivity contribution >= 4 is 57.4 Å². The van der Waals surface area contributed by atoms with Gasteiger partial charge in [-0.2, -0.15) is 0 Å². The lowest BCUT2D eigenvalue weighted by Crippen LogP contribution is -2.51. The number of thioether (sulfide) groups is 1. The van der Waals surface area contributed by atoms with E-state index < -0.39 is 24.3 Å². The molecule has 1 aliphatic carbocycles. The van der Waals surface area contributed by atoms with E-state index in [0.717, 1.165) is 87.3 Å². The first-order valence-corrected chi connectivity index (χ1v) is 22.8. The number of carbonyl (C=O) groups excluding carboxylic acids is 4. The predicted molar refractivity (Wildman–Crippen MR) is 238 cm³/mol. The number of carbonyl (C=O) groups is 4. The fourth-order valence-corrected chi connectivity index (χ4v) is 11.2. The minimum absolute atomic E-state index is 0.0128. The molecule has 0 spiro atoms. The van der Waals surface area contributed by atoms with E-state index in [-0.39, 0.29) is 40.7 Å². The number of ketones is 1. The highest BCUT2D eigenvalue weighted by Crippen LogP contribution is 2.46. The number of likely N-dealkylation sites (tertiary alicyclic amines) is 1. The summed E-state index contributed by atoms with van der Waals surface area (Å²) in [6.45, 7) is 6.50. The van der Waals surface area contributed by atoms with Gasteiger partial charge < -0.3 is 35.0 Å². The van der Waals surface area contributed by atoms with Crippen LogP contribution in [0.15, 0.2) is 60.8 Å². The molecule has 2 saturated heterocycles. The van der Waals surface area contributed by atoms with Crippen molar-refractivity contribution in [2.24, 2.45) is 23.7 Å². The number of aromatic amines is 2. The van der Waals surface area contributed by atoms with Crippen LogP contribution in [0, 0.1) is 23.7 Å². The third kappa shape index (κ3) is 8.87. The first-order chi connectivity index (χ1) is 29.5. The quantitative estimate of drug-likeness (QED) is 0.0902. The molecule has 0 radical (unpaired) electrons. The monoisotopic (exact) mass is 847 g/mol. The van der Waals surface area contributed by atoms with Crippen LogP contribution in [0.25, 0.3) is 44.2 Å². The number of hydrogen-bond acceptors (Lipinski definition) is 9. The van der Waals surface area contributed by atoms with Crippen LogP contribution in [0.5, 0.6) is 0 Å². The number of nitrogens with one attached hydrogen (secondary N) is 4. The lowest BCUT2D eigenvalue weighted by Gasteiger charge is -2.30. The van der Waals surface area contributed by atoms with E-state index in [9.17, 15) is 19.2 Å². The van der Waals surface area contributed by atoms with Crippen molar-refractivity contribution in [3.63, 3.8) is 0 Å². The molecule has 2 aromatic heterocycles. The summed E-state index contributed by atoms with van der Waals surface area (Å²) < 4.78 is 9.74. The third-order valence-electron chi connectivity index (χ3n) is 13.1. The second-order valence-corrected chi connectivity index (χ2v) is 18.6. The zero-order chi connectivity index (χ0) is 42.8. The molecular formula is C47H57N7O6S. The average molecular weight is 848 g/mol. The highest BCUT2D eigenvalue weighted by molar-refractivity contribution is 7.99. The van der Waals surface area contributed by atoms with Crippen molar-refractivity contribution in [3.8, 4) is 22.4 Å². The Labute approximate surface area is 360 Å². The van der Waals surface area contributed by atoms with E-state index in [1.54, 1.807) is 11.8 Å². The summed E-state index contributed by atoms with van der Waals surface area (Å²) in [5.74, 6) is 2.54. The van der Waals surface area contributed by atoms with E-state index >= 15 is 0 Å². The molecule has 6 atom stereocenters. The Morgan fingerprint density at radius 1 is 0.820 bits per heavy atom. The molecular weight excluding hydrogens is 791 g/mol. The van der Waals surface area contributed by atoms with Gasteiger partial charge >= 0.3 is 12.2 Å². The average Bonchev–Trinajstić information content (AvgIpc) is 4.13. The summed E-state index contributed by atoms with van der Waals surface area (Å²) in [5.41, 5.74) is 5.81. The van der Waals surface area contributed by atoms with Gasteiger partial charge in [0.05, 0.1) is 54.5 Å². The minimum atomic E-state index is -0.689. The number of fused-ring (bicyclic) bond motifs is 3. The van der Waals surface area contributed by atoms with Crippen molar-refractivity contribution in [2.75, 3.05) is 26.5 Å². The van der Waals surface area contributed by atoms with Crippen molar-refractivity contribution in [2.45, 2.75) is 95.5 Å². The molecule has 5 aromatic rings. The first-order valence-electron chi connectivity index (χ1n) is 21.8. The largest absolute Gasteiger partial charge is 0.453 e. The van der Waals surface area contributed by atoms with Gasteiger partial charge in [0.15, 0.2) is 5.78 Å². The van der Waals surface area contributed by atoms with Gasteiger partial charge in [0.2, 0.25) is 5.91 Å². The number of benzene rings is 3. The smallest absolute Gasteiger partial charge is 0.407 e. The summed E-state index contributed by atoms with van der Waals surface area (Å²) in [5, 5.41) is 7.63. The van der Waals surface area contributed by atoms with Gasteiger partial charge in [-0.25, -0.2) is 19.6 Å². The van der Waals surface area contributed by atoms with E-state index in [0.29, 0.717) is 12.5 Å². The van der Waals surface area contributed by atoms with Gasteiger partial charge in [0, 0.05) is 17.8 Å². The number of methoxy groups -OCH3 is 2. The standard InChI is InChI=1S/C47H57N7O6S/c1-26(2)38(52-46(57)59-4)45(56)54-21-8-11-37(54)43-48-25-36(50-43)30-14-12-29(13-15-30)31-16-18-33-32(24-31)17-19-35-40(33)51-44(49-35)42-34(20-22-61-42)41(55)39(53-47(58)60-5)27(3)23-28-9-6-7-10-28/h12-19,24-28,34,37-39,42H,6-11,20-23H2,1-5H3,(H,48,50)(H,49,51)(H,52,57)(H,53,58)/t27?,34?,37-,38-,39-,42+/m0/s1. The van der Waals surface area contributed by atoms with Crippen molar-refractivity contribution in [1.82, 2.24) is 35.5 Å². The highest BCUT2D eigenvalue weighted by atomic mass is 32.2. The summed E-state index contributed by atoms with van der Waals surface area (Å²) in [6, 6.07) is 17.5. The number of hydrogen-bond donors (Lipinski definition) is 4. The number of rotatable bonds is 13. The number of amides is 3. The fourth-order valence-electron chi connectivity index (χ4n) is 9.80. The topological polar surface area (TPSA) is 171 Å². The Balaban J connectivity index is 0.973. The lowest BCUT2D eigenvalue weighted by molar-refractivity contribution is -0.135. The van der Waals surface area contributed by atoms with Crippen LogP contribution in [-0.4, -0.2) is 87.3 Å². The minimum Gasteiger partial charge on any atom is -0.453 e. The van der Waals surface area contributed by atoms with Gasteiger partial charge in [-0.05, 0) is 83.4 Å². The molecule has 61 heavy (non-hydrogen) atoms. The Morgan fingerprint density at radius 3 is 2.25 bits per heavy atom. The van der Waals surface area contributed by atoms with E-state index in [1.165, 1.54) is 39.9 Å². The Morgan fingerprint density at radius 2 is 1.52 bits per heavy atom. The molecule has 4 heterocycles. The fraction of sp³-hybridized carbons (Fsp3) is 0.489. The van der Waals surface area contributed by atoms with Gasteiger partial charge in [-0.1, -0.05) is 88.9 Å². The molecule has 3 fully saturated rings. The normalized spacial score (nSPS) is 20.9. The summed E-state index contributed by atoms with van der Waals surface area (Å²) in [7, 11) is 2.64. The van der Waals surface area contributed by atoms with Crippen LogP contribution in [0.4, 0.5) is 9.59 Å². The van der Waals surface area contributed by atoms with Gasteiger partial charge in [-0.3, -0.25) is 9.59 Å². The zero-order valence-electron chi connectivity index (χ0n) is 35.7. The molecule has 14 heteroatoms. The van der Waals surface area contributed by atoms with Crippen LogP contribution in [0.3, 0.4) is 0 Å². The number of alkyl carbamates (subject to hydrolysis) is 2. The lowest BCUT2D eigenvalue weighted by atomic mass is 9.82.